The van der Waals surface area contributed by atoms with E-state index in [1.165, 1.54) is 31.5 Å². The molecule has 2 saturated heterocycles. The Morgan fingerprint density at radius 3 is 2.62 bits per heavy atom. The highest BCUT2D eigenvalue weighted by molar-refractivity contribution is 5.80. The van der Waals surface area contributed by atoms with Crippen LogP contribution in [0.2, 0.25) is 0 Å². The van der Waals surface area contributed by atoms with E-state index in [9.17, 15) is 0 Å². The quantitative estimate of drug-likeness (QED) is 0.410. The number of hydrogen-bond acceptors (Lipinski definition) is 4. The van der Waals surface area contributed by atoms with Crippen LogP contribution in [0.4, 0.5) is 5.69 Å². The summed E-state index contributed by atoms with van der Waals surface area (Å²) in [6.07, 6.45) is 9.48. The number of unbranched alkanes of at least 4 members (excludes halogenated alkanes) is 1. The van der Waals surface area contributed by atoms with Crippen LogP contribution >= 0.6 is 0 Å². The summed E-state index contributed by atoms with van der Waals surface area (Å²) in [5.74, 6) is 1.69. The number of piperidine rings is 1. The van der Waals surface area contributed by atoms with Gasteiger partial charge in [0.1, 0.15) is 0 Å². The van der Waals surface area contributed by atoms with E-state index < -0.39 is 0 Å². The van der Waals surface area contributed by atoms with Gasteiger partial charge in [-0.1, -0.05) is 25.1 Å². The third-order valence-corrected chi connectivity index (χ3v) is 7.02. The lowest BCUT2D eigenvalue weighted by Gasteiger charge is -2.39. The maximum absolute atomic E-state index is 4.57. The first-order valence-electron chi connectivity index (χ1n) is 12.2. The summed E-state index contributed by atoms with van der Waals surface area (Å²) in [7, 11) is 1.90. The van der Waals surface area contributed by atoms with Gasteiger partial charge in [-0.05, 0) is 43.9 Å². The van der Waals surface area contributed by atoms with Gasteiger partial charge in [-0.15, -0.1) is 0 Å². The van der Waals surface area contributed by atoms with Crippen molar-refractivity contribution in [3.8, 4) is 0 Å². The molecule has 4 rings (SSSR count). The van der Waals surface area contributed by atoms with Crippen molar-refractivity contribution in [3.63, 3.8) is 0 Å². The average molecular weight is 438 g/mol. The lowest BCUT2D eigenvalue weighted by molar-refractivity contribution is 0.189. The van der Waals surface area contributed by atoms with E-state index in [1.54, 1.807) is 0 Å². The van der Waals surface area contributed by atoms with Crippen LogP contribution in [-0.2, 0) is 0 Å². The van der Waals surface area contributed by atoms with Crippen LogP contribution in [0.25, 0.3) is 0 Å². The Kier molecular flexibility index (Phi) is 8.04. The van der Waals surface area contributed by atoms with Crippen molar-refractivity contribution < 1.29 is 0 Å². The number of hydrogen-bond donors (Lipinski definition) is 1. The number of imidazole rings is 1. The number of nitrogens with zero attached hydrogens (tertiary/aromatic N) is 6. The van der Waals surface area contributed by atoms with E-state index in [1.807, 2.05) is 19.6 Å². The molecule has 2 aromatic rings. The van der Waals surface area contributed by atoms with Crippen molar-refractivity contribution in [1.29, 1.82) is 0 Å². The van der Waals surface area contributed by atoms with Gasteiger partial charge in [0, 0.05) is 70.9 Å². The molecule has 2 aliphatic rings. The zero-order chi connectivity index (χ0) is 22.2. The molecule has 2 aliphatic heterocycles. The number of para-hydroxylation sites is 1. The van der Waals surface area contributed by atoms with Gasteiger partial charge in [0.2, 0.25) is 0 Å². The van der Waals surface area contributed by atoms with E-state index in [4.69, 9.17) is 0 Å². The minimum Gasteiger partial charge on any atom is -0.369 e. The van der Waals surface area contributed by atoms with Crippen molar-refractivity contribution in [2.24, 2.45) is 10.9 Å². The molecule has 0 saturated carbocycles. The number of benzene rings is 1. The van der Waals surface area contributed by atoms with Gasteiger partial charge in [-0.2, -0.15) is 0 Å². The van der Waals surface area contributed by atoms with Crippen molar-refractivity contribution >= 4 is 11.6 Å². The summed E-state index contributed by atoms with van der Waals surface area (Å²) in [6.45, 7) is 11.1. The number of piperazine rings is 1. The number of rotatable bonds is 7. The molecule has 0 bridgehead atoms. The van der Waals surface area contributed by atoms with Crippen LogP contribution in [0.1, 0.15) is 32.2 Å². The van der Waals surface area contributed by atoms with Crippen LogP contribution in [0.5, 0.6) is 0 Å². The minimum atomic E-state index is 0.458. The van der Waals surface area contributed by atoms with Crippen LogP contribution in [0.3, 0.4) is 0 Å². The van der Waals surface area contributed by atoms with E-state index in [0.717, 1.165) is 51.8 Å². The lowest BCUT2D eigenvalue weighted by atomic mass is 9.93. The summed E-state index contributed by atoms with van der Waals surface area (Å²) in [4.78, 5) is 16.3. The fraction of sp³-hybridized carbons (Fsp3) is 0.600. The van der Waals surface area contributed by atoms with Crippen LogP contribution < -0.4 is 10.2 Å². The van der Waals surface area contributed by atoms with Crippen LogP contribution in [-0.4, -0.2) is 84.7 Å². The van der Waals surface area contributed by atoms with Crippen molar-refractivity contribution in [1.82, 2.24) is 24.7 Å². The molecule has 1 aromatic heterocycles. The topological polar surface area (TPSA) is 51.9 Å². The van der Waals surface area contributed by atoms with Gasteiger partial charge in [-0.3, -0.25) is 9.89 Å². The fourth-order valence-electron chi connectivity index (χ4n) is 4.96. The van der Waals surface area contributed by atoms with Gasteiger partial charge in [0.25, 0.3) is 0 Å². The highest BCUT2D eigenvalue weighted by Crippen LogP contribution is 2.27. The van der Waals surface area contributed by atoms with Crippen molar-refractivity contribution in [2.75, 3.05) is 64.3 Å². The average Bonchev–Trinajstić information content (AvgIpc) is 3.38. The normalized spacial score (nSPS) is 22.9. The third-order valence-electron chi connectivity index (χ3n) is 7.02. The Morgan fingerprint density at radius 1 is 1.09 bits per heavy atom. The van der Waals surface area contributed by atoms with Crippen LogP contribution in [0.15, 0.2) is 54.0 Å². The molecular formula is C25H39N7. The zero-order valence-corrected chi connectivity index (χ0v) is 19.7. The van der Waals surface area contributed by atoms with Crippen LogP contribution in [0, 0.1) is 5.92 Å². The second-order valence-electron chi connectivity index (χ2n) is 9.13. The molecule has 2 unspecified atom stereocenters. The Bertz CT molecular complexity index is 812. The molecule has 2 fully saturated rings. The molecule has 0 spiro atoms. The summed E-state index contributed by atoms with van der Waals surface area (Å²) in [5, 5.41) is 3.61. The number of likely N-dealkylation sites (tertiary alicyclic amines) is 1. The second-order valence-corrected chi connectivity index (χ2v) is 9.13. The first kappa shape index (κ1) is 22.6. The number of anilines is 1. The summed E-state index contributed by atoms with van der Waals surface area (Å²) < 4.78 is 2.25. The predicted octanol–water partition coefficient (Wildman–Crippen LogP) is 2.94. The molecule has 3 heterocycles. The van der Waals surface area contributed by atoms with Gasteiger partial charge >= 0.3 is 0 Å². The molecule has 174 valence electrons. The first-order chi connectivity index (χ1) is 15.7. The number of guanidine groups is 1. The van der Waals surface area contributed by atoms with Gasteiger partial charge in [-0.25, -0.2) is 4.98 Å². The minimum absolute atomic E-state index is 0.458. The van der Waals surface area contributed by atoms with Gasteiger partial charge in [0.15, 0.2) is 5.96 Å². The van der Waals surface area contributed by atoms with E-state index >= 15 is 0 Å². The molecular weight excluding hydrogens is 398 g/mol. The maximum Gasteiger partial charge on any atom is 0.193 e. The smallest absolute Gasteiger partial charge is 0.193 e. The Balaban J connectivity index is 1.14. The molecule has 7 nitrogen and oxygen atoms in total. The molecule has 32 heavy (non-hydrogen) atoms. The van der Waals surface area contributed by atoms with Crippen molar-refractivity contribution in [3.05, 3.63) is 49.1 Å². The Labute approximate surface area is 193 Å². The van der Waals surface area contributed by atoms with E-state index in [2.05, 4.69) is 78.0 Å². The summed E-state index contributed by atoms with van der Waals surface area (Å²) in [6, 6.07) is 11.2. The molecule has 1 N–H and O–H groups in total. The SMILES string of the molecule is CN=C(NCCCCN1CCN(c2ccccc2)CC1)N1CCC(C)C(n2ccnc2)C1. The molecule has 0 radical (unpaired) electrons. The number of aromatic nitrogens is 2. The second kappa shape index (κ2) is 11.4. The molecule has 1 aromatic carbocycles. The molecule has 0 aliphatic carbocycles. The van der Waals surface area contributed by atoms with Crippen molar-refractivity contribution in [2.45, 2.75) is 32.2 Å². The number of aliphatic imine (C=N–C) groups is 1. The zero-order valence-electron chi connectivity index (χ0n) is 19.7. The van der Waals surface area contributed by atoms with E-state index in [-0.39, 0.29) is 0 Å². The molecule has 2 atom stereocenters. The Morgan fingerprint density at radius 2 is 1.91 bits per heavy atom. The maximum atomic E-state index is 4.57. The first-order valence-corrected chi connectivity index (χ1v) is 12.2. The highest BCUT2D eigenvalue weighted by atomic mass is 15.3. The molecule has 7 heteroatoms. The van der Waals surface area contributed by atoms with Gasteiger partial charge in [0.05, 0.1) is 12.4 Å². The monoisotopic (exact) mass is 437 g/mol. The molecule has 0 amide bonds. The summed E-state index contributed by atoms with van der Waals surface area (Å²) in [5.41, 5.74) is 1.35. The fourth-order valence-corrected chi connectivity index (χ4v) is 4.96. The van der Waals surface area contributed by atoms with E-state index in [0.29, 0.717) is 12.0 Å². The third kappa shape index (κ3) is 5.82. The Hall–Kier alpha value is -2.54. The number of nitrogens with one attached hydrogen (secondary N) is 1. The van der Waals surface area contributed by atoms with Gasteiger partial charge < -0.3 is 19.7 Å². The highest BCUT2D eigenvalue weighted by Gasteiger charge is 2.28. The predicted molar refractivity (Wildman–Crippen MR) is 132 cm³/mol. The largest absolute Gasteiger partial charge is 0.369 e. The summed E-state index contributed by atoms with van der Waals surface area (Å²) >= 11 is 0. The standard InChI is InChI=1S/C25H39N7/c1-22-10-14-31(20-24(22)32-15-12-27-21-32)25(26-2)28-11-6-7-13-29-16-18-30(19-17-29)23-8-4-3-5-9-23/h3-5,8-9,12,15,21-22,24H,6-7,10-11,13-14,16-20H2,1-2H3,(H,26,28). The lowest BCUT2D eigenvalue weighted by Crippen LogP contribution is -2.49.